The lowest BCUT2D eigenvalue weighted by Crippen LogP contribution is -2.27. The second-order valence-electron chi connectivity index (χ2n) is 6.29. The van der Waals surface area contributed by atoms with Crippen LogP contribution in [0.1, 0.15) is 5.56 Å². The van der Waals surface area contributed by atoms with E-state index in [1.165, 1.54) is 5.56 Å². The molecule has 2 aromatic rings. The molecule has 0 aliphatic rings. The van der Waals surface area contributed by atoms with Gasteiger partial charge in [0, 0.05) is 45.0 Å². The lowest BCUT2D eigenvalue weighted by atomic mass is 10.1. The van der Waals surface area contributed by atoms with E-state index in [1.54, 1.807) is 14.2 Å². The van der Waals surface area contributed by atoms with Gasteiger partial charge in [-0.15, -0.1) is 0 Å². The van der Waals surface area contributed by atoms with Crippen LogP contribution in [0.5, 0.6) is 5.75 Å². The summed E-state index contributed by atoms with van der Waals surface area (Å²) in [5.41, 5.74) is 3.30. The third kappa shape index (κ3) is 6.10. The molecule has 0 atom stereocenters. The summed E-state index contributed by atoms with van der Waals surface area (Å²) in [7, 11) is 7.38. The number of aromatic amines is 1. The summed E-state index contributed by atoms with van der Waals surface area (Å²) in [6.07, 6.45) is 1.77. The molecule has 0 amide bonds. The number of likely N-dealkylation sites (N-methyl/N-ethyl adjacent to an activating group) is 2. The highest BCUT2D eigenvalue weighted by atomic mass is 16.6. The number of hydrogen-bond donors (Lipinski definition) is 2. The normalized spacial score (nSPS) is 11.5. The van der Waals surface area contributed by atoms with Crippen LogP contribution in [0.4, 0.5) is 0 Å². The molecule has 144 valence electrons. The van der Waals surface area contributed by atoms with Crippen molar-refractivity contribution in [3.63, 3.8) is 0 Å². The maximum atomic E-state index is 5.92. The largest absolute Gasteiger partial charge is 0.486 e. The fourth-order valence-electron chi connectivity index (χ4n) is 2.73. The molecule has 2 N–H and O–H groups in total. The zero-order valence-electron chi connectivity index (χ0n) is 16.1. The van der Waals surface area contributed by atoms with Crippen LogP contribution in [0.15, 0.2) is 30.5 Å². The van der Waals surface area contributed by atoms with Crippen molar-refractivity contribution in [1.82, 2.24) is 20.4 Å². The number of aromatic nitrogens is 2. The molecule has 0 aliphatic carbocycles. The molecular formula is C19H30N4O3. The van der Waals surface area contributed by atoms with Crippen molar-refractivity contribution in [2.24, 2.45) is 0 Å². The van der Waals surface area contributed by atoms with E-state index < -0.39 is 0 Å². The molecule has 0 radical (unpaired) electrons. The fourth-order valence-corrected chi connectivity index (χ4v) is 2.73. The van der Waals surface area contributed by atoms with E-state index in [0.29, 0.717) is 13.2 Å². The minimum atomic E-state index is -0.126. The minimum Gasteiger partial charge on any atom is -0.486 e. The number of H-pyrrole nitrogens is 1. The summed E-state index contributed by atoms with van der Waals surface area (Å²) in [5, 5.41) is 10.5. The number of methoxy groups -OCH3 is 2. The van der Waals surface area contributed by atoms with Gasteiger partial charge >= 0.3 is 0 Å². The van der Waals surface area contributed by atoms with Gasteiger partial charge in [-0.3, -0.25) is 5.10 Å². The zero-order chi connectivity index (χ0) is 18.8. The number of ether oxygens (including phenoxy) is 3. The summed E-state index contributed by atoms with van der Waals surface area (Å²) < 4.78 is 16.2. The molecule has 0 fully saturated rings. The summed E-state index contributed by atoms with van der Waals surface area (Å²) in [6.45, 7) is 3.75. The van der Waals surface area contributed by atoms with E-state index in [1.807, 2.05) is 37.5 Å². The van der Waals surface area contributed by atoms with E-state index >= 15 is 0 Å². The van der Waals surface area contributed by atoms with Gasteiger partial charge in [-0.25, -0.2) is 0 Å². The Kier molecular flexibility index (Phi) is 8.57. The highest BCUT2D eigenvalue weighted by Crippen LogP contribution is 2.25. The topological polar surface area (TPSA) is 71.6 Å². The van der Waals surface area contributed by atoms with E-state index in [4.69, 9.17) is 14.2 Å². The van der Waals surface area contributed by atoms with E-state index in [-0.39, 0.29) is 6.10 Å². The molecule has 0 unspecified atom stereocenters. The van der Waals surface area contributed by atoms with Crippen molar-refractivity contribution in [2.45, 2.75) is 12.6 Å². The molecule has 0 saturated carbocycles. The van der Waals surface area contributed by atoms with Crippen molar-refractivity contribution in [3.05, 3.63) is 36.0 Å². The molecule has 0 spiro atoms. The fraction of sp³-hybridized carbons (Fsp3) is 0.526. The summed E-state index contributed by atoms with van der Waals surface area (Å²) >= 11 is 0. The van der Waals surface area contributed by atoms with Crippen LogP contribution in [0, 0.1) is 0 Å². The van der Waals surface area contributed by atoms with Crippen LogP contribution in [-0.2, 0) is 16.0 Å². The molecule has 1 aromatic carbocycles. The Morgan fingerprint density at radius 1 is 1.15 bits per heavy atom. The van der Waals surface area contributed by atoms with Crippen molar-refractivity contribution >= 4 is 0 Å². The van der Waals surface area contributed by atoms with Crippen molar-refractivity contribution in [2.75, 3.05) is 54.6 Å². The van der Waals surface area contributed by atoms with Gasteiger partial charge < -0.3 is 24.4 Å². The highest BCUT2D eigenvalue weighted by Gasteiger charge is 2.12. The Hall–Kier alpha value is -1.93. The Balaban J connectivity index is 2.03. The van der Waals surface area contributed by atoms with Gasteiger partial charge in [-0.1, -0.05) is 0 Å². The van der Waals surface area contributed by atoms with Gasteiger partial charge in [0.25, 0.3) is 0 Å². The molecule has 1 aromatic heterocycles. The zero-order valence-corrected chi connectivity index (χ0v) is 16.1. The van der Waals surface area contributed by atoms with Gasteiger partial charge in [0.2, 0.25) is 0 Å². The second kappa shape index (κ2) is 10.9. The van der Waals surface area contributed by atoms with Gasteiger partial charge in [-0.2, -0.15) is 5.10 Å². The van der Waals surface area contributed by atoms with Crippen LogP contribution >= 0.6 is 0 Å². The number of hydrogen-bond acceptors (Lipinski definition) is 6. The SMILES string of the molecule is CNCCN(C)Cc1cn[nH]c1-c1ccc(OC(COC)COC)cc1. The maximum Gasteiger partial charge on any atom is 0.145 e. The van der Waals surface area contributed by atoms with Crippen LogP contribution in [0.25, 0.3) is 11.3 Å². The number of nitrogens with zero attached hydrogens (tertiary/aromatic N) is 2. The predicted molar refractivity (Wildman–Crippen MR) is 102 cm³/mol. The van der Waals surface area contributed by atoms with Gasteiger partial charge in [-0.05, 0) is 38.4 Å². The smallest absolute Gasteiger partial charge is 0.145 e. The first-order chi connectivity index (χ1) is 12.7. The maximum absolute atomic E-state index is 5.92. The van der Waals surface area contributed by atoms with Crippen LogP contribution in [0.2, 0.25) is 0 Å². The highest BCUT2D eigenvalue weighted by molar-refractivity contribution is 5.63. The van der Waals surface area contributed by atoms with Gasteiger partial charge in [0.05, 0.1) is 25.1 Å². The molecule has 0 aliphatic heterocycles. The Morgan fingerprint density at radius 3 is 2.46 bits per heavy atom. The monoisotopic (exact) mass is 362 g/mol. The molecule has 7 nitrogen and oxygen atoms in total. The van der Waals surface area contributed by atoms with E-state index in [2.05, 4.69) is 27.5 Å². The summed E-state index contributed by atoms with van der Waals surface area (Å²) in [6, 6.07) is 8.00. The first-order valence-electron chi connectivity index (χ1n) is 8.78. The molecular weight excluding hydrogens is 332 g/mol. The number of nitrogens with one attached hydrogen (secondary N) is 2. The molecule has 26 heavy (non-hydrogen) atoms. The minimum absolute atomic E-state index is 0.126. The number of benzene rings is 1. The van der Waals surface area contributed by atoms with Crippen molar-refractivity contribution < 1.29 is 14.2 Å². The first-order valence-corrected chi connectivity index (χ1v) is 8.78. The second-order valence-corrected chi connectivity index (χ2v) is 6.29. The first kappa shape index (κ1) is 20.4. The Labute approximate surface area is 155 Å². The van der Waals surface area contributed by atoms with E-state index in [9.17, 15) is 0 Å². The standard InChI is InChI=1S/C19H30N4O3/c1-20-9-10-23(2)12-16-11-21-22-19(16)15-5-7-17(8-6-15)26-18(13-24-3)14-25-4/h5-8,11,18,20H,9-10,12-14H2,1-4H3,(H,21,22). The van der Waals surface area contributed by atoms with Crippen molar-refractivity contribution in [1.29, 1.82) is 0 Å². The lowest BCUT2D eigenvalue weighted by molar-refractivity contribution is 0.0245. The Bertz CT molecular complexity index is 624. The van der Waals surface area contributed by atoms with Gasteiger partial charge in [0.15, 0.2) is 0 Å². The molecule has 1 heterocycles. The predicted octanol–water partition coefficient (Wildman–Crippen LogP) is 1.77. The third-order valence-electron chi connectivity index (χ3n) is 4.05. The van der Waals surface area contributed by atoms with Crippen LogP contribution in [0.3, 0.4) is 0 Å². The summed E-state index contributed by atoms with van der Waals surface area (Å²) in [4.78, 5) is 2.27. The lowest BCUT2D eigenvalue weighted by Gasteiger charge is -2.18. The third-order valence-corrected chi connectivity index (χ3v) is 4.05. The summed E-state index contributed by atoms with van der Waals surface area (Å²) in [5.74, 6) is 0.792. The quantitative estimate of drug-likeness (QED) is 0.600. The van der Waals surface area contributed by atoms with E-state index in [0.717, 1.165) is 36.6 Å². The molecule has 7 heteroatoms. The molecule has 2 rings (SSSR count). The molecule has 0 bridgehead atoms. The van der Waals surface area contributed by atoms with Crippen molar-refractivity contribution in [3.8, 4) is 17.0 Å². The average Bonchev–Trinajstić information content (AvgIpc) is 3.09. The van der Waals surface area contributed by atoms with Crippen LogP contribution in [-0.4, -0.2) is 75.8 Å². The van der Waals surface area contributed by atoms with Crippen LogP contribution < -0.4 is 10.1 Å². The Morgan fingerprint density at radius 2 is 1.85 bits per heavy atom. The van der Waals surface area contributed by atoms with Gasteiger partial charge in [0.1, 0.15) is 11.9 Å². The average molecular weight is 362 g/mol. The number of rotatable bonds is 12. The molecule has 0 saturated heterocycles.